The predicted octanol–water partition coefficient (Wildman–Crippen LogP) is 2.88. The van der Waals surface area contributed by atoms with Crippen LogP contribution in [0.4, 0.5) is 0 Å². The molecule has 19 heavy (non-hydrogen) atoms. The van der Waals surface area contributed by atoms with Crippen LogP contribution in [0.15, 0.2) is 24.3 Å². The number of ether oxygens (including phenoxy) is 1. The van der Waals surface area contributed by atoms with Crippen LogP contribution in [0.25, 0.3) is 0 Å². The van der Waals surface area contributed by atoms with Crippen LogP contribution in [0, 0.1) is 5.92 Å². The van der Waals surface area contributed by atoms with Gasteiger partial charge in [-0.15, -0.1) is 0 Å². The van der Waals surface area contributed by atoms with Crippen LogP contribution in [-0.4, -0.2) is 12.7 Å². The third-order valence-electron chi connectivity index (χ3n) is 4.92. The van der Waals surface area contributed by atoms with Crippen LogP contribution in [-0.2, 0) is 4.74 Å². The average Bonchev–Trinajstić information content (AvgIpc) is 2.77. The van der Waals surface area contributed by atoms with E-state index in [2.05, 4.69) is 36.6 Å². The maximum absolute atomic E-state index is 5.87. The third kappa shape index (κ3) is 2.42. The van der Waals surface area contributed by atoms with E-state index in [1.807, 2.05) is 0 Å². The third-order valence-corrected chi connectivity index (χ3v) is 4.92. The minimum absolute atomic E-state index is 0.217. The lowest BCUT2D eigenvalue weighted by molar-refractivity contribution is 0.0952. The summed E-state index contributed by atoms with van der Waals surface area (Å²) in [5.41, 5.74) is 5.94. The molecule has 1 aliphatic carbocycles. The standard InChI is InChI=1S/C16H24N2O/c1-11-13(9-10-19-11)16(18-17)15-8-3-2-7-14(15)12-5-4-6-12/h2-3,7-8,11-13,16,18H,4-6,9-10,17H2,1H3. The summed E-state index contributed by atoms with van der Waals surface area (Å²) in [5, 5.41) is 0. The van der Waals surface area contributed by atoms with E-state index in [4.69, 9.17) is 10.6 Å². The minimum atomic E-state index is 0.217. The first-order chi connectivity index (χ1) is 9.31. The molecular weight excluding hydrogens is 236 g/mol. The molecule has 0 amide bonds. The highest BCUT2D eigenvalue weighted by Crippen LogP contribution is 2.42. The van der Waals surface area contributed by atoms with E-state index in [-0.39, 0.29) is 12.1 Å². The van der Waals surface area contributed by atoms with Crippen molar-refractivity contribution in [2.45, 2.75) is 50.7 Å². The molecule has 0 spiro atoms. The second kappa shape index (κ2) is 5.61. The molecule has 3 N–H and O–H groups in total. The van der Waals surface area contributed by atoms with Gasteiger partial charge >= 0.3 is 0 Å². The van der Waals surface area contributed by atoms with Crippen molar-refractivity contribution in [1.29, 1.82) is 0 Å². The SMILES string of the molecule is CC1OCCC1C(NN)c1ccccc1C1CCC1. The van der Waals surface area contributed by atoms with Crippen molar-refractivity contribution in [3.05, 3.63) is 35.4 Å². The minimum Gasteiger partial charge on any atom is -0.378 e. The van der Waals surface area contributed by atoms with Crippen molar-refractivity contribution in [3.8, 4) is 0 Å². The number of hydrogen-bond donors (Lipinski definition) is 2. The van der Waals surface area contributed by atoms with E-state index in [0.717, 1.165) is 18.9 Å². The fourth-order valence-corrected chi connectivity index (χ4v) is 3.52. The Morgan fingerprint density at radius 1 is 1.26 bits per heavy atom. The summed E-state index contributed by atoms with van der Waals surface area (Å²) in [5.74, 6) is 7.09. The van der Waals surface area contributed by atoms with Crippen LogP contribution >= 0.6 is 0 Å². The van der Waals surface area contributed by atoms with E-state index < -0.39 is 0 Å². The zero-order chi connectivity index (χ0) is 13.2. The smallest absolute Gasteiger partial charge is 0.0594 e. The summed E-state index contributed by atoms with van der Waals surface area (Å²) in [6.07, 6.45) is 5.39. The van der Waals surface area contributed by atoms with E-state index in [9.17, 15) is 0 Å². The molecule has 0 aromatic heterocycles. The Morgan fingerprint density at radius 2 is 2.05 bits per heavy atom. The Bertz CT molecular complexity index is 431. The maximum atomic E-state index is 5.87. The zero-order valence-electron chi connectivity index (χ0n) is 11.6. The van der Waals surface area contributed by atoms with Crippen LogP contribution in [0.2, 0.25) is 0 Å². The number of nitrogens with two attached hydrogens (primary N) is 1. The quantitative estimate of drug-likeness (QED) is 0.646. The molecule has 3 atom stereocenters. The lowest BCUT2D eigenvalue weighted by atomic mass is 9.75. The van der Waals surface area contributed by atoms with Gasteiger partial charge in [-0.1, -0.05) is 30.7 Å². The summed E-state index contributed by atoms with van der Waals surface area (Å²) in [7, 11) is 0. The van der Waals surface area contributed by atoms with E-state index in [0.29, 0.717) is 5.92 Å². The lowest BCUT2D eigenvalue weighted by Gasteiger charge is -2.33. The Morgan fingerprint density at radius 3 is 2.63 bits per heavy atom. The van der Waals surface area contributed by atoms with Crippen LogP contribution in [0.1, 0.15) is 55.7 Å². The van der Waals surface area contributed by atoms with E-state index in [1.54, 1.807) is 0 Å². The first-order valence-electron chi connectivity index (χ1n) is 7.48. The Kier molecular flexibility index (Phi) is 3.87. The van der Waals surface area contributed by atoms with Gasteiger partial charge in [-0.3, -0.25) is 11.3 Å². The fraction of sp³-hybridized carbons (Fsp3) is 0.625. The second-order valence-corrected chi connectivity index (χ2v) is 5.93. The molecule has 3 unspecified atom stereocenters. The van der Waals surface area contributed by atoms with E-state index >= 15 is 0 Å². The lowest BCUT2D eigenvalue weighted by Crippen LogP contribution is -2.37. The van der Waals surface area contributed by atoms with Gasteiger partial charge in [0.15, 0.2) is 0 Å². The normalized spacial score (nSPS) is 29.2. The van der Waals surface area contributed by atoms with Crippen molar-refractivity contribution in [2.24, 2.45) is 11.8 Å². The molecule has 1 heterocycles. The van der Waals surface area contributed by atoms with Crippen molar-refractivity contribution in [3.63, 3.8) is 0 Å². The molecule has 104 valence electrons. The Hall–Kier alpha value is -0.900. The van der Waals surface area contributed by atoms with Crippen molar-refractivity contribution >= 4 is 0 Å². The van der Waals surface area contributed by atoms with Gasteiger partial charge in [-0.05, 0) is 43.2 Å². The molecule has 3 rings (SSSR count). The zero-order valence-corrected chi connectivity index (χ0v) is 11.6. The predicted molar refractivity (Wildman–Crippen MR) is 76.6 cm³/mol. The van der Waals surface area contributed by atoms with Gasteiger partial charge in [-0.25, -0.2) is 0 Å². The highest BCUT2D eigenvalue weighted by Gasteiger charge is 2.34. The fourth-order valence-electron chi connectivity index (χ4n) is 3.52. The topological polar surface area (TPSA) is 47.3 Å². The summed E-state index contributed by atoms with van der Waals surface area (Å²) in [4.78, 5) is 0. The number of hydrogen-bond acceptors (Lipinski definition) is 3. The van der Waals surface area contributed by atoms with E-state index in [1.165, 1.54) is 30.4 Å². The Balaban J connectivity index is 1.90. The average molecular weight is 260 g/mol. The van der Waals surface area contributed by atoms with Gasteiger partial charge in [0.25, 0.3) is 0 Å². The first kappa shape index (κ1) is 13.1. The molecule has 0 radical (unpaired) electrons. The molecule has 1 aromatic carbocycles. The molecule has 3 nitrogen and oxygen atoms in total. The largest absolute Gasteiger partial charge is 0.378 e. The van der Waals surface area contributed by atoms with Crippen LogP contribution in [0.5, 0.6) is 0 Å². The molecule has 2 aliphatic rings. The summed E-state index contributed by atoms with van der Waals surface area (Å²) in [6, 6.07) is 9.02. The van der Waals surface area contributed by atoms with Gasteiger partial charge in [-0.2, -0.15) is 0 Å². The number of rotatable bonds is 4. The van der Waals surface area contributed by atoms with Gasteiger partial charge in [0.05, 0.1) is 12.1 Å². The highest BCUT2D eigenvalue weighted by atomic mass is 16.5. The van der Waals surface area contributed by atoms with Crippen molar-refractivity contribution < 1.29 is 4.74 Å². The molecule has 1 aliphatic heterocycles. The first-order valence-corrected chi connectivity index (χ1v) is 7.48. The highest BCUT2D eigenvalue weighted by molar-refractivity contribution is 5.34. The monoisotopic (exact) mass is 260 g/mol. The molecule has 0 bridgehead atoms. The summed E-state index contributed by atoms with van der Waals surface area (Å²) < 4.78 is 5.71. The molecule has 1 aromatic rings. The number of hydrazine groups is 1. The van der Waals surface area contributed by atoms with Crippen LogP contribution in [0.3, 0.4) is 0 Å². The second-order valence-electron chi connectivity index (χ2n) is 5.93. The van der Waals surface area contributed by atoms with Crippen LogP contribution < -0.4 is 11.3 Å². The van der Waals surface area contributed by atoms with Gasteiger partial charge in [0, 0.05) is 12.5 Å². The summed E-state index contributed by atoms with van der Waals surface area (Å²) in [6.45, 7) is 3.02. The maximum Gasteiger partial charge on any atom is 0.0594 e. The molecule has 2 fully saturated rings. The van der Waals surface area contributed by atoms with Gasteiger partial charge < -0.3 is 4.74 Å². The number of benzene rings is 1. The van der Waals surface area contributed by atoms with Gasteiger partial charge in [0.2, 0.25) is 0 Å². The molecule has 1 saturated carbocycles. The molecular formula is C16H24N2O. The van der Waals surface area contributed by atoms with Crippen molar-refractivity contribution in [2.75, 3.05) is 6.61 Å². The summed E-state index contributed by atoms with van der Waals surface area (Å²) >= 11 is 0. The van der Waals surface area contributed by atoms with Gasteiger partial charge in [0.1, 0.15) is 0 Å². The molecule has 1 saturated heterocycles. The molecule has 3 heteroatoms. The Labute approximate surface area is 115 Å². The van der Waals surface area contributed by atoms with Crippen molar-refractivity contribution in [1.82, 2.24) is 5.43 Å². The number of nitrogens with one attached hydrogen (secondary N) is 1.